The van der Waals surface area contributed by atoms with Crippen molar-refractivity contribution in [2.24, 2.45) is 0 Å². The Hall–Kier alpha value is -0.870. The fourth-order valence-corrected chi connectivity index (χ4v) is 3.56. The number of fused-ring (bicyclic) bond motifs is 1. The van der Waals surface area contributed by atoms with Gasteiger partial charge in [-0.25, -0.2) is 4.98 Å². The number of rotatable bonds is 2. The predicted octanol–water partition coefficient (Wildman–Crippen LogP) is 4.88. The summed E-state index contributed by atoms with van der Waals surface area (Å²) in [4.78, 5) is 4.44. The van der Waals surface area contributed by atoms with E-state index in [1.54, 1.807) is 0 Å². The molecule has 1 aromatic carbocycles. The Morgan fingerprint density at radius 1 is 1.15 bits per heavy atom. The van der Waals surface area contributed by atoms with Crippen LogP contribution in [0, 0.1) is 6.92 Å². The molecule has 1 heterocycles. The molecule has 1 aromatic heterocycles. The van der Waals surface area contributed by atoms with Crippen molar-refractivity contribution >= 4 is 37.5 Å². The van der Waals surface area contributed by atoms with Crippen molar-refractivity contribution in [3.63, 3.8) is 0 Å². The van der Waals surface area contributed by atoms with Crippen molar-refractivity contribution in [1.82, 2.24) is 4.98 Å². The van der Waals surface area contributed by atoms with Gasteiger partial charge in [-0.2, -0.15) is 0 Å². The Bertz CT molecular complexity index is 640. The number of aromatic nitrogens is 1. The molecule has 0 radical (unpaired) electrons. The fraction of sp³-hybridized carbons (Fsp3) is 0.312. The van der Waals surface area contributed by atoms with Crippen molar-refractivity contribution in [2.45, 2.75) is 32.2 Å². The minimum atomic E-state index is 0.491. The lowest BCUT2D eigenvalue weighted by Crippen LogP contribution is -2.27. The number of hydrogen-bond donors (Lipinski definition) is 1. The summed E-state index contributed by atoms with van der Waals surface area (Å²) in [7, 11) is 0. The number of anilines is 1. The maximum Gasteiger partial charge on any atom is 0.106 e. The molecule has 1 N–H and O–H groups in total. The lowest BCUT2D eigenvalue weighted by molar-refractivity contribution is 0.610. The first-order valence-electron chi connectivity index (χ1n) is 6.79. The molecule has 1 aliphatic rings. The molecular formula is C16H16Br2N2. The molecule has 1 atom stereocenters. The van der Waals surface area contributed by atoms with Crippen LogP contribution in [-0.2, 0) is 12.8 Å². The van der Waals surface area contributed by atoms with Crippen LogP contribution in [0.3, 0.4) is 0 Å². The Balaban J connectivity index is 1.75. The minimum absolute atomic E-state index is 0.491. The molecule has 0 spiro atoms. The smallest absolute Gasteiger partial charge is 0.106 e. The summed E-state index contributed by atoms with van der Waals surface area (Å²) in [6.07, 6.45) is 3.38. The molecule has 1 aliphatic carbocycles. The van der Waals surface area contributed by atoms with E-state index in [4.69, 9.17) is 0 Å². The summed E-state index contributed by atoms with van der Waals surface area (Å²) in [6, 6.07) is 11.2. The van der Waals surface area contributed by atoms with Gasteiger partial charge in [-0.1, -0.05) is 22.0 Å². The molecule has 0 fully saturated rings. The molecule has 0 saturated heterocycles. The van der Waals surface area contributed by atoms with Gasteiger partial charge in [0.05, 0.1) is 11.4 Å². The number of benzene rings is 1. The number of nitrogens with one attached hydrogen (secondary N) is 1. The molecule has 3 rings (SSSR count). The molecule has 2 aromatic rings. The maximum absolute atomic E-state index is 4.44. The maximum atomic E-state index is 4.44. The molecule has 20 heavy (non-hydrogen) atoms. The number of nitrogens with zero attached hydrogens (tertiary/aromatic N) is 1. The molecular weight excluding hydrogens is 380 g/mol. The van der Waals surface area contributed by atoms with Crippen LogP contribution in [0.1, 0.15) is 23.2 Å². The van der Waals surface area contributed by atoms with Crippen molar-refractivity contribution in [1.29, 1.82) is 0 Å². The monoisotopic (exact) mass is 394 g/mol. The van der Waals surface area contributed by atoms with E-state index in [0.29, 0.717) is 6.04 Å². The average molecular weight is 396 g/mol. The molecule has 1 unspecified atom stereocenters. The summed E-state index contributed by atoms with van der Waals surface area (Å²) in [5.74, 6) is 0. The van der Waals surface area contributed by atoms with Gasteiger partial charge in [0.1, 0.15) is 4.60 Å². The molecule has 2 nitrogen and oxygen atoms in total. The number of halogens is 2. The minimum Gasteiger partial charge on any atom is -0.381 e. The zero-order valence-electron chi connectivity index (χ0n) is 11.3. The van der Waals surface area contributed by atoms with Gasteiger partial charge in [-0.15, -0.1) is 0 Å². The Labute approximate surface area is 136 Å². The fourth-order valence-electron chi connectivity index (χ4n) is 2.75. The van der Waals surface area contributed by atoms with Crippen LogP contribution in [0.2, 0.25) is 0 Å². The summed E-state index contributed by atoms with van der Waals surface area (Å²) in [5.41, 5.74) is 5.11. The van der Waals surface area contributed by atoms with E-state index in [2.05, 4.69) is 66.4 Å². The van der Waals surface area contributed by atoms with Crippen molar-refractivity contribution < 1.29 is 0 Å². The SMILES string of the molecule is Cc1nc(Br)ccc1NC1CCc2cc(Br)ccc2C1. The highest BCUT2D eigenvalue weighted by Crippen LogP contribution is 2.27. The topological polar surface area (TPSA) is 24.9 Å². The number of hydrogen-bond acceptors (Lipinski definition) is 2. The van der Waals surface area contributed by atoms with Crippen molar-refractivity contribution in [2.75, 3.05) is 5.32 Å². The van der Waals surface area contributed by atoms with Gasteiger partial charge in [-0.3, -0.25) is 0 Å². The second-order valence-electron chi connectivity index (χ2n) is 5.26. The molecule has 104 valence electrons. The Morgan fingerprint density at radius 3 is 2.80 bits per heavy atom. The second kappa shape index (κ2) is 5.86. The summed E-state index contributed by atoms with van der Waals surface area (Å²) < 4.78 is 2.06. The highest BCUT2D eigenvalue weighted by atomic mass is 79.9. The van der Waals surface area contributed by atoms with Crippen LogP contribution in [0.5, 0.6) is 0 Å². The first-order chi connectivity index (χ1) is 9.61. The third-order valence-electron chi connectivity index (χ3n) is 3.81. The molecule has 0 amide bonds. The van der Waals surface area contributed by atoms with Gasteiger partial charge in [0, 0.05) is 10.5 Å². The van der Waals surface area contributed by atoms with E-state index < -0.39 is 0 Å². The average Bonchev–Trinajstić information content (AvgIpc) is 2.42. The third-order valence-corrected chi connectivity index (χ3v) is 4.74. The zero-order valence-corrected chi connectivity index (χ0v) is 14.5. The first kappa shape index (κ1) is 14.1. The highest BCUT2D eigenvalue weighted by Gasteiger charge is 2.19. The normalized spacial score (nSPS) is 17.6. The second-order valence-corrected chi connectivity index (χ2v) is 6.99. The van der Waals surface area contributed by atoms with Crippen molar-refractivity contribution in [3.8, 4) is 0 Å². The molecule has 0 saturated carbocycles. The van der Waals surface area contributed by atoms with Crippen LogP contribution in [0.4, 0.5) is 5.69 Å². The standard InChI is InChI=1S/C16H16Br2N2/c1-10-15(6-7-16(18)19-10)20-14-5-3-11-8-13(17)4-2-12(11)9-14/h2,4,6-8,14,20H,3,5,9H2,1H3. The van der Waals surface area contributed by atoms with Gasteiger partial charge in [0.15, 0.2) is 0 Å². The van der Waals surface area contributed by atoms with Gasteiger partial charge in [0.2, 0.25) is 0 Å². The Kier molecular flexibility index (Phi) is 4.13. The summed E-state index contributed by atoms with van der Waals surface area (Å²) in [6.45, 7) is 2.04. The van der Waals surface area contributed by atoms with Gasteiger partial charge in [0.25, 0.3) is 0 Å². The van der Waals surface area contributed by atoms with E-state index in [-0.39, 0.29) is 0 Å². The van der Waals surface area contributed by atoms with E-state index in [9.17, 15) is 0 Å². The van der Waals surface area contributed by atoms with E-state index in [0.717, 1.165) is 28.8 Å². The lowest BCUT2D eigenvalue weighted by atomic mass is 9.88. The number of aryl methyl sites for hydroxylation is 2. The van der Waals surface area contributed by atoms with Crippen LogP contribution in [0.15, 0.2) is 39.4 Å². The lowest BCUT2D eigenvalue weighted by Gasteiger charge is -2.27. The van der Waals surface area contributed by atoms with E-state index in [1.165, 1.54) is 22.0 Å². The summed E-state index contributed by atoms with van der Waals surface area (Å²) >= 11 is 6.95. The summed E-state index contributed by atoms with van der Waals surface area (Å²) in [5, 5.41) is 3.64. The van der Waals surface area contributed by atoms with Crippen LogP contribution in [0.25, 0.3) is 0 Å². The highest BCUT2D eigenvalue weighted by molar-refractivity contribution is 9.10. The van der Waals surface area contributed by atoms with E-state index >= 15 is 0 Å². The predicted molar refractivity (Wildman–Crippen MR) is 90.3 cm³/mol. The van der Waals surface area contributed by atoms with Gasteiger partial charge in [-0.05, 0) is 77.5 Å². The third kappa shape index (κ3) is 3.07. The van der Waals surface area contributed by atoms with Gasteiger partial charge < -0.3 is 5.32 Å². The van der Waals surface area contributed by atoms with Crippen LogP contribution in [-0.4, -0.2) is 11.0 Å². The van der Waals surface area contributed by atoms with Crippen LogP contribution < -0.4 is 5.32 Å². The quantitative estimate of drug-likeness (QED) is 0.732. The zero-order chi connectivity index (χ0) is 14.1. The molecule has 4 heteroatoms. The molecule has 0 aliphatic heterocycles. The van der Waals surface area contributed by atoms with Crippen molar-refractivity contribution in [3.05, 3.63) is 56.2 Å². The van der Waals surface area contributed by atoms with Gasteiger partial charge >= 0.3 is 0 Å². The van der Waals surface area contributed by atoms with E-state index in [1.807, 2.05) is 13.0 Å². The largest absolute Gasteiger partial charge is 0.381 e. The number of pyridine rings is 1. The van der Waals surface area contributed by atoms with Crippen LogP contribution >= 0.6 is 31.9 Å². The first-order valence-corrected chi connectivity index (χ1v) is 8.37. The Morgan fingerprint density at radius 2 is 2.00 bits per heavy atom. The molecule has 0 bridgehead atoms.